The van der Waals surface area contributed by atoms with Gasteiger partial charge in [-0.3, -0.25) is 4.99 Å². The zero-order valence-electron chi connectivity index (χ0n) is 16.0. The minimum Gasteiger partial charge on any atom is -0.491 e. The van der Waals surface area contributed by atoms with Crippen LogP contribution in [0.25, 0.3) is 0 Å². The van der Waals surface area contributed by atoms with Crippen LogP contribution < -0.4 is 15.4 Å². The van der Waals surface area contributed by atoms with Crippen molar-refractivity contribution in [2.75, 3.05) is 31.1 Å². The maximum absolute atomic E-state index is 11.5. The Morgan fingerprint density at radius 2 is 2.00 bits per heavy atom. The minimum absolute atomic E-state index is 0.0467. The quantitative estimate of drug-likeness (QED) is 0.417. The highest BCUT2D eigenvalue weighted by molar-refractivity contribution is 7.91. The Bertz CT molecular complexity index is 675. The summed E-state index contributed by atoms with van der Waals surface area (Å²) in [7, 11) is -3.03. The molecule has 7 nitrogen and oxygen atoms in total. The van der Waals surface area contributed by atoms with Gasteiger partial charge in [0.1, 0.15) is 5.75 Å². The first kappa shape index (κ1) is 22.2. The van der Waals surface area contributed by atoms with Crippen molar-refractivity contribution < 1.29 is 18.3 Å². The zero-order valence-corrected chi connectivity index (χ0v) is 16.8. The first-order valence-electron chi connectivity index (χ1n) is 8.94. The molecule has 148 valence electrons. The molecule has 0 amide bonds. The fourth-order valence-electron chi connectivity index (χ4n) is 2.16. The monoisotopic (exact) mass is 385 g/mol. The Hall–Kier alpha value is -1.80. The Morgan fingerprint density at radius 3 is 2.62 bits per heavy atom. The number of rotatable bonds is 10. The molecule has 0 saturated carbocycles. The molecular formula is C18H31N3O4S. The Kier molecular flexibility index (Phi) is 9.43. The number of sulfone groups is 1. The molecule has 1 aromatic carbocycles. The number of aliphatic hydroxyl groups is 1. The van der Waals surface area contributed by atoms with E-state index in [0.29, 0.717) is 18.3 Å². The summed E-state index contributed by atoms with van der Waals surface area (Å²) in [5, 5.41) is 16.4. The molecule has 1 unspecified atom stereocenters. The van der Waals surface area contributed by atoms with Crippen LogP contribution in [0.2, 0.25) is 0 Å². The molecule has 0 aromatic heterocycles. The van der Waals surface area contributed by atoms with Crippen molar-refractivity contribution in [3.05, 3.63) is 29.8 Å². The Balaban J connectivity index is 2.67. The highest BCUT2D eigenvalue weighted by Crippen LogP contribution is 2.20. The van der Waals surface area contributed by atoms with Gasteiger partial charge in [-0.05, 0) is 38.5 Å². The maximum Gasteiger partial charge on any atom is 0.191 e. The number of guanidine groups is 1. The van der Waals surface area contributed by atoms with E-state index in [1.807, 2.05) is 39.0 Å². The third kappa shape index (κ3) is 8.53. The van der Waals surface area contributed by atoms with Crippen molar-refractivity contribution in [1.29, 1.82) is 0 Å². The molecule has 0 heterocycles. The highest BCUT2D eigenvalue weighted by atomic mass is 32.2. The van der Waals surface area contributed by atoms with Crippen molar-refractivity contribution in [2.45, 2.75) is 39.9 Å². The lowest BCUT2D eigenvalue weighted by molar-refractivity contribution is 0.185. The van der Waals surface area contributed by atoms with Gasteiger partial charge >= 0.3 is 0 Å². The van der Waals surface area contributed by atoms with Gasteiger partial charge in [0.25, 0.3) is 0 Å². The number of benzene rings is 1. The molecule has 1 rings (SSSR count). The molecular weight excluding hydrogens is 354 g/mol. The van der Waals surface area contributed by atoms with Gasteiger partial charge in [0.05, 0.1) is 24.5 Å². The second-order valence-electron chi connectivity index (χ2n) is 6.14. The van der Waals surface area contributed by atoms with E-state index >= 15 is 0 Å². The zero-order chi connectivity index (χ0) is 19.6. The smallest absolute Gasteiger partial charge is 0.191 e. The van der Waals surface area contributed by atoms with Gasteiger partial charge in [-0.15, -0.1) is 0 Å². The van der Waals surface area contributed by atoms with Gasteiger partial charge in [0, 0.05) is 18.8 Å². The van der Waals surface area contributed by atoms with Crippen LogP contribution in [0.4, 0.5) is 0 Å². The lowest BCUT2D eigenvalue weighted by Gasteiger charge is -2.15. The van der Waals surface area contributed by atoms with Gasteiger partial charge in [0.2, 0.25) is 0 Å². The summed E-state index contributed by atoms with van der Waals surface area (Å²) >= 11 is 0. The van der Waals surface area contributed by atoms with Crippen LogP contribution in [0.5, 0.6) is 5.75 Å². The summed E-state index contributed by atoms with van der Waals surface area (Å²) in [6.07, 6.45) is -0.718. The van der Waals surface area contributed by atoms with Gasteiger partial charge in [-0.25, -0.2) is 8.42 Å². The van der Waals surface area contributed by atoms with E-state index < -0.39 is 15.9 Å². The molecule has 1 atom stereocenters. The van der Waals surface area contributed by atoms with Crippen LogP contribution in [-0.2, 0) is 9.84 Å². The lowest BCUT2D eigenvalue weighted by atomic mass is 10.1. The van der Waals surface area contributed by atoms with Crippen LogP contribution in [-0.4, -0.2) is 56.7 Å². The summed E-state index contributed by atoms with van der Waals surface area (Å²) in [6, 6.07) is 7.30. The molecule has 0 aliphatic heterocycles. The van der Waals surface area contributed by atoms with Gasteiger partial charge in [0.15, 0.2) is 15.8 Å². The van der Waals surface area contributed by atoms with E-state index in [1.165, 1.54) is 0 Å². The van der Waals surface area contributed by atoms with Crippen LogP contribution in [0.3, 0.4) is 0 Å². The van der Waals surface area contributed by atoms with Crippen molar-refractivity contribution >= 4 is 15.8 Å². The summed E-state index contributed by atoms with van der Waals surface area (Å²) < 4.78 is 28.7. The average molecular weight is 386 g/mol. The average Bonchev–Trinajstić information content (AvgIpc) is 2.59. The predicted octanol–water partition coefficient (Wildman–Crippen LogP) is 1.50. The molecule has 0 radical (unpaired) electrons. The molecule has 0 saturated heterocycles. The molecule has 0 spiro atoms. The van der Waals surface area contributed by atoms with E-state index in [0.717, 1.165) is 5.56 Å². The topological polar surface area (TPSA) is 100 Å². The Labute approximate surface area is 156 Å². The molecule has 26 heavy (non-hydrogen) atoms. The second kappa shape index (κ2) is 11.0. The normalized spacial score (nSPS) is 13.5. The first-order chi connectivity index (χ1) is 12.3. The molecule has 3 N–H and O–H groups in total. The standard InChI is InChI=1S/C18H31N3O4S/c1-5-19-18(20-10-11-26(23,24)6-2)21-13-17(22)15-8-7-9-16(12-15)25-14(3)4/h7-9,12,14,17,22H,5-6,10-11,13H2,1-4H3,(H2,19,20,21). The first-order valence-corrected chi connectivity index (χ1v) is 10.8. The number of aliphatic hydroxyl groups excluding tert-OH is 1. The number of hydrogen-bond acceptors (Lipinski definition) is 5. The molecule has 0 aliphatic rings. The number of aliphatic imine (C=N–C) groups is 1. The second-order valence-corrected chi connectivity index (χ2v) is 8.61. The third-order valence-electron chi connectivity index (χ3n) is 3.53. The fourth-order valence-corrected chi connectivity index (χ4v) is 2.86. The maximum atomic E-state index is 11.5. The largest absolute Gasteiger partial charge is 0.491 e. The van der Waals surface area contributed by atoms with Gasteiger partial charge in [-0.2, -0.15) is 0 Å². The Morgan fingerprint density at radius 1 is 1.27 bits per heavy atom. The van der Waals surface area contributed by atoms with Crippen LogP contribution in [0, 0.1) is 0 Å². The molecule has 0 aliphatic carbocycles. The predicted molar refractivity (Wildman–Crippen MR) is 105 cm³/mol. The SMILES string of the molecule is CCNC(=NCC(O)c1cccc(OC(C)C)c1)NCCS(=O)(=O)CC. The third-order valence-corrected chi connectivity index (χ3v) is 5.23. The number of nitrogens with zero attached hydrogens (tertiary/aromatic N) is 1. The van der Waals surface area contributed by atoms with Crippen LogP contribution in [0.15, 0.2) is 29.3 Å². The summed E-state index contributed by atoms with van der Waals surface area (Å²) in [4.78, 5) is 4.33. The number of nitrogens with one attached hydrogen (secondary N) is 2. The van der Waals surface area contributed by atoms with Crippen LogP contribution in [0.1, 0.15) is 39.4 Å². The van der Waals surface area contributed by atoms with Gasteiger partial charge < -0.3 is 20.5 Å². The van der Waals surface area contributed by atoms with E-state index in [4.69, 9.17) is 4.74 Å². The van der Waals surface area contributed by atoms with Gasteiger partial charge in [-0.1, -0.05) is 19.1 Å². The van der Waals surface area contributed by atoms with Crippen LogP contribution >= 0.6 is 0 Å². The summed E-state index contributed by atoms with van der Waals surface area (Å²) in [5.41, 5.74) is 0.719. The van der Waals surface area contributed by atoms with Crippen molar-refractivity contribution in [3.8, 4) is 5.75 Å². The van der Waals surface area contributed by atoms with Crippen molar-refractivity contribution in [2.24, 2.45) is 4.99 Å². The number of ether oxygens (including phenoxy) is 1. The van der Waals surface area contributed by atoms with E-state index in [9.17, 15) is 13.5 Å². The minimum atomic E-state index is -3.03. The van der Waals surface area contributed by atoms with E-state index in [-0.39, 0.29) is 30.7 Å². The molecule has 0 fully saturated rings. The highest BCUT2D eigenvalue weighted by Gasteiger charge is 2.10. The van der Waals surface area contributed by atoms with E-state index in [1.54, 1.807) is 13.0 Å². The summed E-state index contributed by atoms with van der Waals surface area (Å²) in [6.45, 7) is 8.50. The molecule has 0 bridgehead atoms. The number of hydrogen-bond donors (Lipinski definition) is 3. The van der Waals surface area contributed by atoms with Crippen molar-refractivity contribution in [3.63, 3.8) is 0 Å². The molecule has 1 aromatic rings. The lowest BCUT2D eigenvalue weighted by Crippen LogP contribution is -2.40. The summed E-state index contributed by atoms with van der Waals surface area (Å²) in [5.74, 6) is 1.35. The van der Waals surface area contributed by atoms with E-state index in [2.05, 4.69) is 15.6 Å². The molecule has 8 heteroatoms. The fraction of sp³-hybridized carbons (Fsp3) is 0.611. The van der Waals surface area contributed by atoms with Crippen molar-refractivity contribution in [1.82, 2.24) is 10.6 Å².